The molecule has 0 aliphatic carbocycles. The van der Waals surface area contributed by atoms with Gasteiger partial charge in [0.05, 0.1) is 34.8 Å². The van der Waals surface area contributed by atoms with Crippen LogP contribution in [0.3, 0.4) is 0 Å². The Bertz CT molecular complexity index is 2390. The quantitative estimate of drug-likeness (QED) is 0.206. The van der Waals surface area contributed by atoms with Gasteiger partial charge in [-0.3, -0.25) is 19.2 Å². The molecule has 4 aliphatic heterocycles. The second-order valence-electron chi connectivity index (χ2n) is 15.7. The molecule has 4 aromatic carbocycles. The summed E-state index contributed by atoms with van der Waals surface area (Å²) in [6.45, 7) is 20.5. The Morgan fingerprint density at radius 2 is 0.902 bits per heavy atom. The number of carbonyl (C=O) groups excluding carboxylic acids is 4. The Balaban J connectivity index is 0.000000154. The van der Waals surface area contributed by atoms with Gasteiger partial charge in [-0.05, 0) is 86.6 Å². The second kappa shape index (κ2) is 20.8. The number of nitrogens with zero attached hydrogens (tertiary/aromatic N) is 4. The molecule has 0 aromatic heterocycles. The van der Waals surface area contributed by atoms with E-state index in [0.717, 1.165) is 53.1 Å². The number of anilines is 4. The van der Waals surface area contributed by atoms with Crippen LogP contribution in [-0.2, 0) is 19.2 Å². The molecule has 4 aliphatic rings. The van der Waals surface area contributed by atoms with Crippen molar-refractivity contribution in [2.45, 2.75) is 101 Å². The third-order valence-electron chi connectivity index (χ3n) is 11.6. The van der Waals surface area contributed by atoms with E-state index in [4.69, 9.17) is 0 Å². The van der Waals surface area contributed by atoms with Crippen LogP contribution in [0.2, 0.25) is 0 Å². The van der Waals surface area contributed by atoms with Crippen LogP contribution in [0, 0.1) is 0 Å². The smallest absolute Gasteiger partial charge is 0.224 e. The zero-order valence-corrected chi connectivity index (χ0v) is 37.7. The summed E-state index contributed by atoms with van der Waals surface area (Å²) in [6, 6.07) is 32.7. The van der Waals surface area contributed by atoms with Gasteiger partial charge in [0.15, 0.2) is 0 Å². The molecular weight excluding hydrogens is 757 g/mol. The van der Waals surface area contributed by atoms with E-state index in [9.17, 15) is 19.2 Å². The van der Waals surface area contributed by atoms with Gasteiger partial charge in [-0.2, -0.15) is 0 Å². The van der Waals surface area contributed by atoms with Crippen molar-refractivity contribution in [3.05, 3.63) is 144 Å². The van der Waals surface area contributed by atoms with Gasteiger partial charge >= 0.3 is 0 Å². The fourth-order valence-electron chi connectivity index (χ4n) is 8.56. The SMILES string of the molecule is CC(=O)N1CC=C(C)c2ccccc21.CC(=O)N1c2ccccc2C(C)=CC1C.CCC1=CC(CC)N(C(C)=O)c2ccccc21.CCC1=CCN(C(C)=O)c2ccccc21. The van der Waals surface area contributed by atoms with Gasteiger partial charge in [-0.25, -0.2) is 0 Å². The van der Waals surface area contributed by atoms with Crippen molar-refractivity contribution in [2.75, 3.05) is 32.7 Å². The van der Waals surface area contributed by atoms with E-state index in [0.29, 0.717) is 13.1 Å². The largest absolute Gasteiger partial charge is 0.308 e. The number of benzene rings is 4. The van der Waals surface area contributed by atoms with E-state index in [2.05, 4.69) is 83.2 Å². The minimum Gasteiger partial charge on any atom is -0.308 e. The predicted octanol–water partition coefficient (Wildman–Crippen LogP) is 11.8. The first-order chi connectivity index (χ1) is 29.2. The minimum atomic E-state index is 0.0960. The first-order valence-corrected chi connectivity index (χ1v) is 21.5. The van der Waals surface area contributed by atoms with Crippen molar-refractivity contribution in [3.8, 4) is 0 Å². The third kappa shape index (κ3) is 10.4. The first kappa shape index (κ1) is 45.8. The lowest BCUT2D eigenvalue weighted by molar-refractivity contribution is -0.117. The van der Waals surface area contributed by atoms with Crippen LogP contribution in [0.15, 0.2) is 121 Å². The summed E-state index contributed by atoms with van der Waals surface area (Å²) in [4.78, 5) is 53.6. The van der Waals surface area contributed by atoms with Crippen LogP contribution >= 0.6 is 0 Å². The number of fused-ring (bicyclic) bond motifs is 4. The van der Waals surface area contributed by atoms with Gasteiger partial charge in [-0.15, -0.1) is 0 Å². The molecule has 0 bridgehead atoms. The lowest BCUT2D eigenvalue weighted by Crippen LogP contribution is -2.40. The van der Waals surface area contributed by atoms with Crippen LogP contribution in [0.5, 0.6) is 0 Å². The summed E-state index contributed by atoms with van der Waals surface area (Å²) >= 11 is 0. The number of hydrogen-bond donors (Lipinski definition) is 0. The molecule has 4 amide bonds. The maximum atomic E-state index is 11.8. The Kier molecular flexibility index (Phi) is 15.6. The summed E-state index contributed by atoms with van der Waals surface area (Å²) in [5.74, 6) is 0.421. The van der Waals surface area contributed by atoms with Crippen LogP contribution < -0.4 is 19.6 Å². The van der Waals surface area contributed by atoms with Gasteiger partial charge in [0, 0.05) is 63.0 Å². The topological polar surface area (TPSA) is 81.2 Å². The highest BCUT2D eigenvalue weighted by Gasteiger charge is 2.28. The normalized spacial score (nSPS) is 17.0. The molecule has 4 aromatic rings. The van der Waals surface area contributed by atoms with Crippen molar-refractivity contribution in [1.82, 2.24) is 0 Å². The highest BCUT2D eigenvalue weighted by molar-refractivity contribution is 6.00. The molecule has 0 spiro atoms. The monoisotopic (exact) mass is 818 g/mol. The van der Waals surface area contributed by atoms with Crippen molar-refractivity contribution in [2.24, 2.45) is 0 Å². The van der Waals surface area contributed by atoms with Crippen molar-refractivity contribution in [1.29, 1.82) is 0 Å². The molecule has 0 saturated carbocycles. The molecule has 0 N–H and O–H groups in total. The summed E-state index contributed by atoms with van der Waals surface area (Å²) in [7, 11) is 0. The van der Waals surface area contributed by atoms with Crippen LogP contribution in [-0.4, -0.2) is 48.8 Å². The number of carbonyl (C=O) groups is 4. The van der Waals surface area contributed by atoms with Gasteiger partial charge in [0.2, 0.25) is 23.6 Å². The second-order valence-corrected chi connectivity index (χ2v) is 15.7. The van der Waals surface area contributed by atoms with E-state index in [1.165, 1.54) is 33.4 Å². The Morgan fingerprint density at radius 1 is 0.492 bits per heavy atom. The standard InChI is InChI=1S/C15H19NO.2C13H15NO.C12H13NO/c1-4-12-10-13(5-2)16(11(3)17)15-9-7-6-8-14(12)15;1-9-8-10(2)14(11(3)15)13-7-5-4-6-12(9)13;1-3-11-8-9-14(10(2)15)13-7-5-4-6-12(11)13;1-9-7-8-13(10(2)14)12-6-4-3-5-11(9)12/h6-10,13H,4-5H2,1-3H3;4-8,10H,1-3H3;4-8H,3,9H2,1-2H3;3-7H,8H2,1-2H3. The average molecular weight is 819 g/mol. The number of amides is 4. The van der Waals surface area contributed by atoms with Gasteiger partial charge in [0.1, 0.15) is 0 Å². The summed E-state index contributed by atoms with van der Waals surface area (Å²) < 4.78 is 0. The maximum Gasteiger partial charge on any atom is 0.224 e. The van der Waals surface area contributed by atoms with E-state index in [1.54, 1.807) is 32.6 Å². The summed E-state index contributed by atoms with van der Waals surface area (Å²) in [5.41, 5.74) is 14.1. The molecule has 0 saturated heterocycles. The van der Waals surface area contributed by atoms with Crippen LogP contribution in [0.4, 0.5) is 22.7 Å². The fourth-order valence-corrected chi connectivity index (χ4v) is 8.56. The maximum absolute atomic E-state index is 11.8. The van der Waals surface area contributed by atoms with Gasteiger partial charge in [-0.1, -0.05) is 118 Å². The van der Waals surface area contributed by atoms with Gasteiger partial charge < -0.3 is 19.6 Å². The molecule has 8 nitrogen and oxygen atoms in total. The van der Waals surface area contributed by atoms with E-state index in [1.807, 2.05) is 94.4 Å². The van der Waals surface area contributed by atoms with Crippen molar-refractivity contribution >= 4 is 68.7 Å². The lowest BCUT2D eigenvalue weighted by atomic mass is 9.92. The Hall–Kier alpha value is -6.28. The van der Waals surface area contributed by atoms with E-state index < -0.39 is 0 Å². The summed E-state index contributed by atoms with van der Waals surface area (Å²) in [5, 5.41) is 0. The van der Waals surface area contributed by atoms with Gasteiger partial charge in [0.25, 0.3) is 0 Å². The molecular formula is C53H62N4O4. The molecule has 4 heterocycles. The van der Waals surface area contributed by atoms with Crippen molar-refractivity contribution < 1.29 is 19.2 Å². The highest BCUT2D eigenvalue weighted by atomic mass is 16.2. The molecule has 2 atom stereocenters. The third-order valence-corrected chi connectivity index (χ3v) is 11.6. The molecule has 8 rings (SSSR count). The Morgan fingerprint density at radius 3 is 1.38 bits per heavy atom. The number of allylic oxidation sites excluding steroid dienone is 4. The molecule has 2 unspecified atom stereocenters. The van der Waals surface area contributed by atoms with Crippen molar-refractivity contribution in [3.63, 3.8) is 0 Å². The number of para-hydroxylation sites is 4. The van der Waals surface area contributed by atoms with Crippen LogP contribution in [0.1, 0.15) is 111 Å². The zero-order chi connectivity index (χ0) is 44.4. The first-order valence-electron chi connectivity index (χ1n) is 21.5. The fraction of sp³-hybridized carbons (Fsp3) is 0.321. The van der Waals surface area contributed by atoms with Crippen LogP contribution in [0.25, 0.3) is 22.3 Å². The average Bonchev–Trinajstić information content (AvgIpc) is 3.25. The molecule has 8 heteroatoms. The van der Waals surface area contributed by atoms with E-state index in [-0.39, 0.29) is 35.7 Å². The highest BCUT2D eigenvalue weighted by Crippen LogP contribution is 2.37. The molecule has 61 heavy (non-hydrogen) atoms. The minimum absolute atomic E-state index is 0.0960. The molecule has 318 valence electrons. The number of hydrogen-bond acceptors (Lipinski definition) is 4. The lowest BCUT2D eigenvalue weighted by Gasteiger charge is -2.35. The predicted molar refractivity (Wildman–Crippen MR) is 256 cm³/mol. The number of rotatable bonds is 3. The molecule has 0 fully saturated rings. The molecule has 0 radical (unpaired) electrons. The zero-order valence-electron chi connectivity index (χ0n) is 37.7. The summed E-state index contributed by atoms with van der Waals surface area (Å²) in [6.07, 6.45) is 11.6. The Labute approximate surface area is 363 Å². The van der Waals surface area contributed by atoms with E-state index >= 15 is 0 Å².